The molecule has 3 rings (SSSR count). The number of aryl methyl sites for hydroxylation is 1. The number of ether oxygens (including phenoxy) is 1. The van der Waals surface area contributed by atoms with Gasteiger partial charge in [-0.05, 0) is 63.9 Å². The minimum Gasteiger partial charge on any atom is -0.494 e. The zero-order chi connectivity index (χ0) is 30.1. The van der Waals surface area contributed by atoms with E-state index in [0.29, 0.717) is 13.0 Å². The highest BCUT2D eigenvalue weighted by Crippen LogP contribution is 2.27. The fourth-order valence-corrected chi connectivity index (χ4v) is 4.40. The molecule has 0 radical (unpaired) electrons. The number of nitrogens with zero attached hydrogens (tertiary/aromatic N) is 2. The van der Waals surface area contributed by atoms with Crippen molar-refractivity contribution in [2.45, 2.75) is 102 Å². The number of rotatable bonds is 8. The van der Waals surface area contributed by atoms with Gasteiger partial charge in [0.1, 0.15) is 5.75 Å². The molecule has 0 unspecified atom stereocenters. The second kappa shape index (κ2) is 28.3. The first kappa shape index (κ1) is 42.2. The minimum absolute atomic E-state index is 0. The normalized spacial score (nSPS) is 14.8. The van der Waals surface area contributed by atoms with Gasteiger partial charge in [0.25, 0.3) is 0 Å². The van der Waals surface area contributed by atoms with Crippen molar-refractivity contribution in [2.24, 2.45) is 0 Å². The van der Waals surface area contributed by atoms with E-state index in [0.717, 1.165) is 48.2 Å². The Kier molecular flexibility index (Phi) is 29.9. The SMILES string of the molecule is C.C=C/C=C(Cl)\C(=C/C)N1CCCN(CCCC)CC1.CC.CC.CC.CCOc1ccc2c(c1)NC(=O)CC2. The van der Waals surface area contributed by atoms with Crippen LogP contribution in [0.5, 0.6) is 5.75 Å². The van der Waals surface area contributed by atoms with E-state index in [1.807, 2.05) is 79.7 Å². The van der Waals surface area contributed by atoms with E-state index in [1.165, 1.54) is 37.9 Å². The lowest BCUT2D eigenvalue weighted by Gasteiger charge is -2.26. The zero-order valence-electron chi connectivity index (χ0n) is 26.5. The van der Waals surface area contributed by atoms with Gasteiger partial charge < -0.3 is 19.9 Å². The molecule has 1 N–H and O–H groups in total. The fraction of sp³-hybridized carbons (Fsp3) is 0.618. The van der Waals surface area contributed by atoms with Crippen molar-refractivity contribution in [1.82, 2.24) is 9.80 Å². The van der Waals surface area contributed by atoms with E-state index < -0.39 is 0 Å². The van der Waals surface area contributed by atoms with Gasteiger partial charge in [0.05, 0.1) is 17.3 Å². The number of carbonyl (C=O) groups is 1. The molecule has 1 aromatic carbocycles. The average Bonchev–Trinajstić information content (AvgIpc) is 3.21. The molecule has 0 atom stereocenters. The molecule has 0 saturated carbocycles. The first-order chi connectivity index (χ1) is 19.0. The number of amides is 1. The van der Waals surface area contributed by atoms with Crippen molar-refractivity contribution in [1.29, 1.82) is 0 Å². The van der Waals surface area contributed by atoms with Gasteiger partial charge in [-0.2, -0.15) is 0 Å². The summed E-state index contributed by atoms with van der Waals surface area (Å²) in [6.45, 7) is 28.3. The second-order valence-electron chi connectivity index (χ2n) is 8.26. The van der Waals surface area contributed by atoms with Crippen molar-refractivity contribution in [3.63, 3.8) is 0 Å². The highest BCUT2D eigenvalue weighted by molar-refractivity contribution is 6.32. The number of fused-ring (bicyclic) bond motifs is 1. The van der Waals surface area contributed by atoms with E-state index >= 15 is 0 Å². The van der Waals surface area contributed by atoms with E-state index in [1.54, 1.807) is 6.08 Å². The maximum atomic E-state index is 11.1. The summed E-state index contributed by atoms with van der Waals surface area (Å²) in [7, 11) is 0. The maximum absolute atomic E-state index is 11.1. The standard InChI is InChI=1S/C16H27ClN2.C11H13NO2.3C2H6.CH4/c1-4-7-10-18-11-8-12-19(14-13-18)16(6-3)15(17)9-5-2;1-2-14-9-5-3-8-4-6-11(13)12-10(8)7-9;3*1-2;/h5-6,9H,2,4,7-8,10-14H2,1,3H3;3,5,7H,2,4,6H2,1H3,(H,12,13);3*1-2H3;1H4/b15-9+,16-6+;;;;;. The van der Waals surface area contributed by atoms with Gasteiger partial charge in [0.2, 0.25) is 5.91 Å². The molecule has 1 fully saturated rings. The Hall–Kier alpha value is -2.24. The highest BCUT2D eigenvalue weighted by atomic mass is 35.5. The van der Waals surface area contributed by atoms with Crippen molar-refractivity contribution < 1.29 is 9.53 Å². The molecule has 1 amide bonds. The lowest BCUT2D eigenvalue weighted by Crippen LogP contribution is -2.31. The molecule has 1 aromatic rings. The Morgan fingerprint density at radius 2 is 1.73 bits per heavy atom. The molecule has 40 heavy (non-hydrogen) atoms. The topological polar surface area (TPSA) is 44.8 Å². The predicted octanol–water partition coefficient (Wildman–Crippen LogP) is 9.69. The molecule has 6 heteroatoms. The van der Waals surface area contributed by atoms with Gasteiger partial charge in [-0.15, -0.1) is 0 Å². The van der Waals surface area contributed by atoms with Crippen LogP contribution in [0.15, 0.2) is 53.7 Å². The zero-order valence-corrected chi connectivity index (χ0v) is 27.3. The Morgan fingerprint density at radius 1 is 1.05 bits per heavy atom. The first-order valence-corrected chi connectivity index (χ1v) is 15.6. The highest BCUT2D eigenvalue weighted by Gasteiger charge is 2.17. The number of allylic oxidation sites excluding steroid dienone is 4. The van der Waals surface area contributed by atoms with Crippen LogP contribution in [0.3, 0.4) is 0 Å². The average molecular weight is 580 g/mol. The summed E-state index contributed by atoms with van der Waals surface area (Å²) < 4.78 is 5.36. The van der Waals surface area contributed by atoms with Gasteiger partial charge in [-0.1, -0.05) is 98.7 Å². The number of benzene rings is 1. The number of anilines is 1. The molecule has 1 saturated heterocycles. The molecule has 232 valence electrons. The van der Waals surface area contributed by atoms with Gasteiger partial charge in [-0.25, -0.2) is 0 Å². The third kappa shape index (κ3) is 16.8. The summed E-state index contributed by atoms with van der Waals surface area (Å²) in [5.41, 5.74) is 3.22. The van der Waals surface area contributed by atoms with Crippen molar-refractivity contribution in [2.75, 3.05) is 44.6 Å². The van der Waals surface area contributed by atoms with Gasteiger partial charge in [0, 0.05) is 37.8 Å². The Balaban J connectivity index is -0.000000577. The Morgan fingerprint density at radius 3 is 2.30 bits per heavy atom. The van der Waals surface area contributed by atoms with E-state index in [9.17, 15) is 4.79 Å². The Labute approximate surface area is 253 Å². The van der Waals surface area contributed by atoms with Crippen LogP contribution in [-0.4, -0.2) is 55.0 Å². The van der Waals surface area contributed by atoms with Crippen LogP contribution in [0.1, 0.15) is 101 Å². The van der Waals surface area contributed by atoms with Crippen molar-refractivity contribution in [3.8, 4) is 5.75 Å². The Bertz CT molecular complexity index is 836. The third-order valence-corrected chi connectivity index (χ3v) is 6.15. The van der Waals surface area contributed by atoms with Crippen LogP contribution in [0.25, 0.3) is 0 Å². The van der Waals surface area contributed by atoms with E-state index in [4.69, 9.17) is 16.3 Å². The molecule has 2 heterocycles. The molecule has 2 aliphatic rings. The summed E-state index contributed by atoms with van der Waals surface area (Å²) in [5.74, 6) is 0.902. The fourth-order valence-electron chi connectivity index (χ4n) is 4.08. The van der Waals surface area contributed by atoms with Crippen LogP contribution in [0.2, 0.25) is 0 Å². The largest absolute Gasteiger partial charge is 0.494 e. The smallest absolute Gasteiger partial charge is 0.224 e. The van der Waals surface area contributed by atoms with Gasteiger partial charge in [0.15, 0.2) is 0 Å². The molecule has 0 aromatic heterocycles. The number of nitrogens with one attached hydrogen (secondary N) is 1. The van der Waals surface area contributed by atoms with Crippen LogP contribution >= 0.6 is 11.6 Å². The molecule has 0 bridgehead atoms. The monoisotopic (exact) mass is 579 g/mol. The molecular formula is C34H62ClN3O2. The second-order valence-corrected chi connectivity index (χ2v) is 8.67. The molecule has 0 spiro atoms. The summed E-state index contributed by atoms with van der Waals surface area (Å²) in [4.78, 5) is 16.1. The van der Waals surface area contributed by atoms with Crippen molar-refractivity contribution in [3.05, 3.63) is 59.3 Å². The maximum Gasteiger partial charge on any atom is 0.224 e. The number of unbranched alkanes of at least 4 members (excludes halogenated alkanes) is 1. The summed E-state index contributed by atoms with van der Waals surface area (Å²) in [6, 6.07) is 5.84. The van der Waals surface area contributed by atoms with Gasteiger partial charge >= 0.3 is 0 Å². The predicted molar refractivity (Wildman–Crippen MR) is 181 cm³/mol. The molecule has 2 aliphatic heterocycles. The van der Waals surface area contributed by atoms with Crippen LogP contribution in [0.4, 0.5) is 5.69 Å². The quantitative estimate of drug-likeness (QED) is 0.311. The number of halogens is 1. The van der Waals surface area contributed by atoms with Crippen LogP contribution < -0.4 is 10.1 Å². The molecular weight excluding hydrogens is 518 g/mol. The lowest BCUT2D eigenvalue weighted by molar-refractivity contribution is -0.116. The number of hydrogen-bond donors (Lipinski definition) is 1. The number of hydrogen-bond acceptors (Lipinski definition) is 4. The van der Waals surface area contributed by atoms with E-state index in [-0.39, 0.29) is 13.3 Å². The summed E-state index contributed by atoms with van der Waals surface area (Å²) >= 11 is 6.32. The van der Waals surface area contributed by atoms with Crippen LogP contribution in [-0.2, 0) is 11.2 Å². The molecule has 0 aliphatic carbocycles. The van der Waals surface area contributed by atoms with Gasteiger partial charge in [-0.3, -0.25) is 4.79 Å². The summed E-state index contributed by atoms with van der Waals surface area (Å²) in [5, 5.41) is 3.63. The first-order valence-electron chi connectivity index (χ1n) is 15.2. The minimum atomic E-state index is 0. The number of carbonyl (C=O) groups excluding carboxylic acids is 1. The summed E-state index contributed by atoms with van der Waals surface area (Å²) in [6.07, 6.45) is 10.9. The van der Waals surface area contributed by atoms with E-state index in [2.05, 4.69) is 34.7 Å². The lowest BCUT2D eigenvalue weighted by atomic mass is 10.0. The molecule has 5 nitrogen and oxygen atoms in total. The van der Waals surface area contributed by atoms with Crippen LogP contribution in [0, 0.1) is 0 Å². The third-order valence-electron chi connectivity index (χ3n) is 5.83. The van der Waals surface area contributed by atoms with Crippen molar-refractivity contribution >= 4 is 23.2 Å².